The van der Waals surface area contributed by atoms with Crippen LogP contribution in [-0.4, -0.2) is 36.9 Å². The Morgan fingerprint density at radius 3 is 2.04 bits per heavy atom. The molecule has 0 aliphatic heterocycles. The van der Waals surface area contributed by atoms with Gasteiger partial charge in [0.2, 0.25) is 5.91 Å². The van der Waals surface area contributed by atoms with E-state index in [4.69, 9.17) is 5.73 Å². The monoisotopic (exact) mass is 353 g/mol. The number of hydrogen-bond acceptors (Lipinski definition) is 4. The lowest BCUT2D eigenvalue weighted by molar-refractivity contribution is -0.131. The summed E-state index contributed by atoms with van der Waals surface area (Å²) >= 11 is 0. The van der Waals surface area contributed by atoms with E-state index in [9.17, 15) is 9.59 Å². The predicted octanol–water partition coefficient (Wildman–Crippen LogP) is 2.49. The average molecular weight is 354 g/mol. The van der Waals surface area contributed by atoms with Crippen LogP contribution in [0, 0.1) is 23.7 Å². The molecule has 5 heteroatoms. The molecular weight excluding hydrogens is 314 g/mol. The first-order chi connectivity index (χ1) is 11.8. The number of hydrogen-bond donors (Lipinski definition) is 3. The number of likely N-dealkylation sites (N-methyl/N-ethyl adjacent to an activating group) is 1. The highest BCUT2D eigenvalue weighted by Crippen LogP contribution is 2.31. The highest BCUT2D eigenvalue weighted by molar-refractivity contribution is 5.91. The smallest absolute Gasteiger partial charge is 0.237 e. The Bertz CT molecular complexity index is 415. The zero-order valence-corrected chi connectivity index (χ0v) is 16.8. The Kier molecular flexibility index (Phi) is 9.65. The summed E-state index contributed by atoms with van der Waals surface area (Å²) in [5.41, 5.74) is 5.78. The molecule has 1 aliphatic carbocycles. The van der Waals surface area contributed by atoms with Gasteiger partial charge >= 0.3 is 0 Å². The first-order valence-corrected chi connectivity index (χ1v) is 10.1. The Labute approximate surface area is 153 Å². The maximum Gasteiger partial charge on any atom is 0.237 e. The molecule has 0 aromatic rings. The summed E-state index contributed by atoms with van der Waals surface area (Å²) in [6.45, 7) is 11.4. The molecule has 2 atom stereocenters. The van der Waals surface area contributed by atoms with Gasteiger partial charge in [0.15, 0.2) is 5.78 Å². The summed E-state index contributed by atoms with van der Waals surface area (Å²) in [7, 11) is 0. The summed E-state index contributed by atoms with van der Waals surface area (Å²) in [6, 6.07) is -0.618. The van der Waals surface area contributed by atoms with Crippen molar-refractivity contribution in [2.24, 2.45) is 29.4 Å². The quantitative estimate of drug-likeness (QED) is 0.563. The second-order valence-electron chi connectivity index (χ2n) is 8.26. The summed E-state index contributed by atoms with van der Waals surface area (Å²) in [5.74, 6) is 1.36. The van der Waals surface area contributed by atoms with Crippen LogP contribution in [0.3, 0.4) is 0 Å². The fourth-order valence-corrected chi connectivity index (χ4v) is 3.80. The lowest BCUT2D eigenvalue weighted by atomic mass is 9.78. The molecular formula is C20H39N3O2. The standard InChI is InChI=1S/C20H39N3O2/c1-6-22-18(13(2)3)20(25)23-17(19(24)14(4)5)11-15-7-9-16(12-21)10-8-15/h13-18,22H,6-12,21H2,1-5H3,(H,23,25)/t15-,16-,17-,18-/m0/s1. The van der Waals surface area contributed by atoms with Crippen LogP contribution in [0.25, 0.3) is 0 Å². The van der Waals surface area contributed by atoms with E-state index < -0.39 is 0 Å². The lowest BCUT2D eigenvalue weighted by Gasteiger charge is -2.32. The second-order valence-corrected chi connectivity index (χ2v) is 8.26. The van der Waals surface area contributed by atoms with Crippen LogP contribution in [0.4, 0.5) is 0 Å². The van der Waals surface area contributed by atoms with E-state index in [1.165, 1.54) is 0 Å². The molecule has 0 heterocycles. The van der Waals surface area contributed by atoms with Gasteiger partial charge in [0.05, 0.1) is 12.1 Å². The average Bonchev–Trinajstić information content (AvgIpc) is 2.58. The van der Waals surface area contributed by atoms with Crippen LogP contribution in [0.5, 0.6) is 0 Å². The Balaban J connectivity index is 2.73. The van der Waals surface area contributed by atoms with E-state index in [1.807, 2.05) is 34.6 Å². The Hall–Kier alpha value is -0.940. The summed E-state index contributed by atoms with van der Waals surface area (Å²) < 4.78 is 0. The Morgan fingerprint density at radius 2 is 1.60 bits per heavy atom. The molecule has 146 valence electrons. The Morgan fingerprint density at radius 1 is 1.04 bits per heavy atom. The highest BCUT2D eigenvalue weighted by atomic mass is 16.2. The van der Waals surface area contributed by atoms with Crippen molar-refractivity contribution in [3.8, 4) is 0 Å². The van der Waals surface area contributed by atoms with Gasteiger partial charge in [-0.15, -0.1) is 0 Å². The number of carbonyl (C=O) groups excluding carboxylic acids is 2. The maximum atomic E-state index is 12.7. The van der Waals surface area contributed by atoms with Crippen molar-refractivity contribution in [2.45, 2.75) is 78.8 Å². The van der Waals surface area contributed by atoms with Gasteiger partial charge in [0, 0.05) is 5.92 Å². The van der Waals surface area contributed by atoms with Gasteiger partial charge in [-0.05, 0) is 50.1 Å². The number of nitrogens with one attached hydrogen (secondary N) is 2. The van der Waals surface area contributed by atoms with E-state index in [0.717, 1.165) is 45.2 Å². The van der Waals surface area contributed by atoms with Crippen LogP contribution in [0.2, 0.25) is 0 Å². The molecule has 0 saturated heterocycles. The molecule has 1 fully saturated rings. The molecule has 0 unspecified atom stereocenters. The van der Waals surface area contributed by atoms with E-state index in [0.29, 0.717) is 11.8 Å². The van der Waals surface area contributed by atoms with Crippen molar-refractivity contribution in [3.63, 3.8) is 0 Å². The first-order valence-electron chi connectivity index (χ1n) is 10.1. The topological polar surface area (TPSA) is 84.2 Å². The zero-order chi connectivity index (χ0) is 19.0. The first kappa shape index (κ1) is 22.1. The minimum Gasteiger partial charge on any atom is -0.345 e. The van der Waals surface area contributed by atoms with Gasteiger partial charge in [-0.25, -0.2) is 0 Å². The molecule has 0 radical (unpaired) electrons. The molecule has 0 aromatic heterocycles. The summed E-state index contributed by atoms with van der Waals surface area (Å²) in [6.07, 6.45) is 5.27. The molecule has 5 nitrogen and oxygen atoms in total. The normalized spacial score (nSPS) is 23.5. The van der Waals surface area contributed by atoms with Crippen LogP contribution in [-0.2, 0) is 9.59 Å². The molecule has 25 heavy (non-hydrogen) atoms. The molecule has 4 N–H and O–H groups in total. The third-order valence-corrected chi connectivity index (χ3v) is 5.47. The SMILES string of the molecule is CCN[C@H](C(=O)N[C@@H](C[C@H]1CC[C@H](CN)CC1)C(=O)C(C)C)C(C)C. The van der Waals surface area contributed by atoms with Gasteiger partial charge in [-0.3, -0.25) is 9.59 Å². The fourth-order valence-electron chi connectivity index (χ4n) is 3.80. The number of Topliss-reactive ketones (excluding diaryl/α,β-unsaturated/α-hetero) is 1. The van der Waals surface area contributed by atoms with Crippen molar-refractivity contribution >= 4 is 11.7 Å². The minimum atomic E-state index is -0.369. The van der Waals surface area contributed by atoms with Gasteiger partial charge in [0.1, 0.15) is 0 Å². The fraction of sp³-hybridized carbons (Fsp3) is 0.900. The molecule has 0 aromatic carbocycles. The van der Waals surface area contributed by atoms with E-state index >= 15 is 0 Å². The zero-order valence-electron chi connectivity index (χ0n) is 16.8. The third-order valence-electron chi connectivity index (χ3n) is 5.47. The number of amides is 1. The van der Waals surface area contributed by atoms with E-state index in [1.54, 1.807) is 0 Å². The molecule has 1 amide bonds. The summed E-state index contributed by atoms with van der Waals surface area (Å²) in [4.78, 5) is 25.4. The van der Waals surface area contributed by atoms with Crippen LogP contribution in [0.15, 0.2) is 0 Å². The number of rotatable bonds is 10. The van der Waals surface area contributed by atoms with Crippen molar-refractivity contribution < 1.29 is 9.59 Å². The van der Waals surface area contributed by atoms with Gasteiger partial charge < -0.3 is 16.4 Å². The molecule has 1 saturated carbocycles. The van der Waals surface area contributed by atoms with Crippen LogP contribution < -0.4 is 16.4 Å². The van der Waals surface area contributed by atoms with Crippen molar-refractivity contribution in [3.05, 3.63) is 0 Å². The van der Waals surface area contributed by atoms with Crippen molar-refractivity contribution in [1.29, 1.82) is 0 Å². The molecule has 1 rings (SSSR count). The number of carbonyl (C=O) groups is 2. The molecule has 1 aliphatic rings. The van der Waals surface area contributed by atoms with Crippen LogP contribution >= 0.6 is 0 Å². The third kappa shape index (κ3) is 7.06. The van der Waals surface area contributed by atoms with E-state index in [2.05, 4.69) is 10.6 Å². The molecule has 0 bridgehead atoms. The second kappa shape index (κ2) is 10.9. The van der Waals surface area contributed by atoms with Gasteiger partial charge in [-0.1, -0.05) is 47.5 Å². The highest BCUT2D eigenvalue weighted by Gasteiger charge is 2.31. The van der Waals surface area contributed by atoms with E-state index in [-0.39, 0.29) is 35.6 Å². The number of ketones is 1. The van der Waals surface area contributed by atoms with Gasteiger partial charge in [0.25, 0.3) is 0 Å². The van der Waals surface area contributed by atoms with Crippen molar-refractivity contribution in [1.82, 2.24) is 10.6 Å². The largest absolute Gasteiger partial charge is 0.345 e. The van der Waals surface area contributed by atoms with Crippen LogP contribution in [0.1, 0.15) is 66.7 Å². The van der Waals surface area contributed by atoms with Gasteiger partial charge in [-0.2, -0.15) is 0 Å². The maximum absolute atomic E-state index is 12.7. The molecule has 0 spiro atoms. The minimum absolute atomic E-state index is 0.0495. The summed E-state index contributed by atoms with van der Waals surface area (Å²) in [5, 5.41) is 6.30. The number of nitrogens with two attached hydrogens (primary N) is 1. The lowest BCUT2D eigenvalue weighted by Crippen LogP contribution is -2.53. The van der Waals surface area contributed by atoms with Crippen molar-refractivity contribution in [2.75, 3.05) is 13.1 Å². The predicted molar refractivity (Wildman–Crippen MR) is 103 cm³/mol.